The highest BCUT2D eigenvalue weighted by Crippen LogP contribution is 2.39. The first kappa shape index (κ1) is 23.7. The molecule has 2 heterocycles. The van der Waals surface area contributed by atoms with Crippen LogP contribution in [0.3, 0.4) is 0 Å². The Bertz CT molecular complexity index is 1300. The minimum Gasteiger partial charge on any atom is -0.507 e. The van der Waals surface area contributed by atoms with Gasteiger partial charge in [-0.1, -0.05) is 18.1 Å². The van der Waals surface area contributed by atoms with Crippen LogP contribution in [0, 0.1) is 0 Å². The predicted molar refractivity (Wildman–Crippen MR) is 132 cm³/mol. The van der Waals surface area contributed by atoms with Crippen molar-refractivity contribution < 1.29 is 24.5 Å². The number of allylic oxidation sites excluding steroid dienone is 2. The van der Waals surface area contributed by atoms with Crippen LogP contribution < -0.4 is 10.2 Å². The summed E-state index contributed by atoms with van der Waals surface area (Å²) in [6.07, 6.45) is 5.75. The van der Waals surface area contributed by atoms with E-state index in [4.69, 9.17) is 9.15 Å². The molecule has 3 N–H and O–H groups in total. The first-order chi connectivity index (χ1) is 16.3. The summed E-state index contributed by atoms with van der Waals surface area (Å²) in [5.74, 6) is -0.497. The van der Waals surface area contributed by atoms with Crippen molar-refractivity contribution in [3.05, 3.63) is 57.3 Å². The second-order valence-corrected chi connectivity index (χ2v) is 9.06. The van der Waals surface area contributed by atoms with Crippen LogP contribution in [0.25, 0.3) is 22.3 Å². The smallest absolute Gasteiger partial charge is 0.238 e. The number of nitrogens with zero attached hydrogens (tertiary/aromatic N) is 1. The number of rotatable bonds is 6. The largest absolute Gasteiger partial charge is 0.507 e. The van der Waals surface area contributed by atoms with E-state index in [1.165, 1.54) is 6.42 Å². The zero-order valence-electron chi connectivity index (χ0n) is 19.9. The highest BCUT2D eigenvalue weighted by molar-refractivity contribution is 5.91. The highest BCUT2D eigenvalue weighted by Gasteiger charge is 2.23. The van der Waals surface area contributed by atoms with Crippen molar-refractivity contribution >= 4 is 11.0 Å². The number of benzene rings is 2. The summed E-state index contributed by atoms with van der Waals surface area (Å²) in [6.45, 7) is 6.55. The van der Waals surface area contributed by atoms with Crippen molar-refractivity contribution in [3.8, 4) is 34.3 Å². The van der Waals surface area contributed by atoms with Crippen LogP contribution in [0.2, 0.25) is 0 Å². The summed E-state index contributed by atoms with van der Waals surface area (Å²) in [5.41, 5.74) is 2.14. The number of likely N-dealkylation sites (tertiary alicyclic amines) is 1. The van der Waals surface area contributed by atoms with E-state index >= 15 is 0 Å². The maximum atomic E-state index is 13.1. The van der Waals surface area contributed by atoms with Gasteiger partial charge in [-0.25, -0.2) is 0 Å². The van der Waals surface area contributed by atoms with Crippen molar-refractivity contribution in [1.82, 2.24) is 4.90 Å². The molecule has 7 heteroatoms. The van der Waals surface area contributed by atoms with Gasteiger partial charge in [0.2, 0.25) is 11.2 Å². The molecular formula is C27H31NO6. The number of hydrogen-bond acceptors (Lipinski definition) is 7. The standard InChI is InChI=1S/C27H31NO6/c1-16(2)7-9-19-20(29)14-21(30)23-24(31)25(32)26(34-27(19)23)17-8-10-22(33-3)18(13-17)15-28-11-5-4-6-12-28/h7-8,10,13-14,29-30,32H,4-6,9,11-12,15H2,1-3H3. The van der Waals surface area contributed by atoms with Gasteiger partial charge in [0.1, 0.15) is 28.2 Å². The van der Waals surface area contributed by atoms with Gasteiger partial charge in [0.05, 0.1) is 7.11 Å². The molecule has 0 unspecified atom stereocenters. The fourth-order valence-electron chi connectivity index (χ4n) is 4.48. The molecule has 1 aromatic heterocycles. The second-order valence-electron chi connectivity index (χ2n) is 9.06. The van der Waals surface area contributed by atoms with Gasteiger partial charge in [-0.15, -0.1) is 0 Å². The number of hydrogen-bond donors (Lipinski definition) is 3. The van der Waals surface area contributed by atoms with Crippen LogP contribution in [-0.4, -0.2) is 40.4 Å². The first-order valence-corrected chi connectivity index (χ1v) is 11.6. The molecule has 1 aliphatic rings. The molecule has 2 aromatic carbocycles. The molecule has 0 spiro atoms. The molecule has 0 amide bonds. The van der Waals surface area contributed by atoms with Crippen molar-refractivity contribution in [1.29, 1.82) is 0 Å². The molecule has 7 nitrogen and oxygen atoms in total. The van der Waals surface area contributed by atoms with Crippen LogP contribution in [0.5, 0.6) is 23.0 Å². The van der Waals surface area contributed by atoms with E-state index in [2.05, 4.69) is 4.90 Å². The van der Waals surface area contributed by atoms with Gasteiger partial charge in [-0.05, 0) is 64.4 Å². The first-order valence-electron chi connectivity index (χ1n) is 11.6. The van der Waals surface area contributed by atoms with Crippen LogP contribution >= 0.6 is 0 Å². The van der Waals surface area contributed by atoms with Gasteiger partial charge in [-0.3, -0.25) is 9.69 Å². The molecular weight excluding hydrogens is 434 g/mol. The third kappa shape index (κ3) is 4.61. The number of fused-ring (bicyclic) bond motifs is 1. The lowest BCUT2D eigenvalue weighted by atomic mass is 10.0. The van der Waals surface area contributed by atoms with Crippen molar-refractivity contribution in [3.63, 3.8) is 0 Å². The molecule has 34 heavy (non-hydrogen) atoms. The molecule has 0 bridgehead atoms. The Morgan fingerprint density at radius 1 is 1.09 bits per heavy atom. The highest BCUT2D eigenvalue weighted by atomic mass is 16.5. The Morgan fingerprint density at radius 3 is 2.50 bits per heavy atom. The van der Waals surface area contributed by atoms with E-state index in [1.807, 2.05) is 26.0 Å². The molecule has 3 aromatic rings. The number of phenols is 2. The average Bonchev–Trinajstić information content (AvgIpc) is 2.81. The lowest BCUT2D eigenvalue weighted by Gasteiger charge is -2.27. The summed E-state index contributed by atoms with van der Waals surface area (Å²) >= 11 is 0. The Hall–Kier alpha value is -3.45. The number of aromatic hydroxyl groups is 3. The van der Waals surface area contributed by atoms with E-state index in [0.29, 0.717) is 24.1 Å². The lowest BCUT2D eigenvalue weighted by Crippen LogP contribution is -2.29. The molecule has 0 radical (unpaired) electrons. The normalized spacial score (nSPS) is 14.3. The quantitative estimate of drug-likeness (QED) is 0.436. The van der Waals surface area contributed by atoms with Crippen LogP contribution in [-0.2, 0) is 13.0 Å². The van der Waals surface area contributed by atoms with Gasteiger partial charge in [0, 0.05) is 29.3 Å². The van der Waals surface area contributed by atoms with E-state index < -0.39 is 16.9 Å². The van der Waals surface area contributed by atoms with Gasteiger partial charge < -0.3 is 24.5 Å². The van der Waals surface area contributed by atoms with Crippen LogP contribution in [0.15, 0.2) is 45.1 Å². The van der Waals surface area contributed by atoms with Crippen molar-refractivity contribution in [2.24, 2.45) is 0 Å². The molecule has 0 atom stereocenters. The minimum absolute atomic E-state index is 0.0107. The molecule has 1 fully saturated rings. The van der Waals surface area contributed by atoms with Gasteiger partial charge in [0.15, 0.2) is 5.76 Å². The maximum Gasteiger partial charge on any atom is 0.238 e. The van der Waals surface area contributed by atoms with Gasteiger partial charge >= 0.3 is 0 Å². The summed E-state index contributed by atoms with van der Waals surface area (Å²) in [5, 5.41) is 31.4. The maximum absolute atomic E-state index is 13.1. The Balaban J connectivity index is 1.88. The van der Waals surface area contributed by atoms with Crippen molar-refractivity contribution in [2.75, 3.05) is 20.2 Å². The molecule has 0 aliphatic carbocycles. The summed E-state index contributed by atoms with van der Waals surface area (Å²) < 4.78 is 11.6. The fraction of sp³-hybridized carbons (Fsp3) is 0.370. The number of methoxy groups -OCH3 is 1. The summed E-state index contributed by atoms with van der Waals surface area (Å²) in [6, 6.07) is 6.48. The van der Waals surface area contributed by atoms with Crippen LogP contribution in [0.1, 0.15) is 44.2 Å². The second kappa shape index (κ2) is 9.81. The Labute approximate surface area is 198 Å². The van der Waals surface area contributed by atoms with Crippen molar-refractivity contribution in [2.45, 2.75) is 46.1 Å². The zero-order chi connectivity index (χ0) is 24.4. The lowest BCUT2D eigenvalue weighted by molar-refractivity contribution is 0.218. The van der Waals surface area contributed by atoms with Gasteiger partial charge in [0.25, 0.3) is 0 Å². The monoisotopic (exact) mass is 465 g/mol. The number of piperidine rings is 1. The Morgan fingerprint density at radius 2 is 1.82 bits per heavy atom. The number of ether oxygens (including phenoxy) is 1. The molecule has 1 saturated heterocycles. The fourth-order valence-corrected chi connectivity index (χ4v) is 4.48. The van der Waals surface area contributed by atoms with Gasteiger partial charge in [-0.2, -0.15) is 0 Å². The zero-order valence-corrected chi connectivity index (χ0v) is 19.9. The molecule has 180 valence electrons. The van der Waals surface area contributed by atoms with E-state index in [-0.39, 0.29) is 22.5 Å². The Kier molecular flexibility index (Phi) is 6.84. The predicted octanol–water partition coefficient (Wildman–Crippen LogP) is 5.08. The topological polar surface area (TPSA) is 103 Å². The molecule has 4 rings (SSSR count). The molecule has 0 saturated carbocycles. The average molecular weight is 466 g/mol. The summed E-state index contributed by atoms with van der Waals surface area (Å²) in [7, 11) is 1.61. The third-order valence-corrected chi connectivity index (χ3v) is 6.30. The van der Waals surface area contributed by atoms with E-state index in [0.717, 1.165) is 48.9 Å². The summed E-state index contributed by atoms with van der Waals surface area (Å²) in [4.78, 5) is 15.4. The molecule has 1 aliphatic heterocycles. The van der Waals surface area contributed by atoms with E-state index in [9.17, 15) is 20.1 Å². The third-order valence-electron chi connectivity index (χ3n) is 6.30. The van der Waals surface area contributed by atoms with E-state index in [1.54, 1.807) is 19.2 Å². The van der Waals surface area contributed by atoms with Crippen LogP contribution in [0.4, 0.5) is 0 Å². The minimum atomic E-state index is -0.749. The SMILES string of the molecule is COc1ccc(-c2oc3c(CC=C(C)C)c(O)cc(O)c3c(=O)c2O)cc1CN1CCCCC1. The number of phenolic OH excluding ortho intramolecular Hbond substituents is 2.